The third kappa shape index (κ3) is 2.97. The lowest BCUT2D eigenvalue weighted by atomic mass is 10.2. The molecular weight excluding hydrogens is 180 g/mol. The highest BCUT2D eigenvalue weighted by atomic mass is 16.5. The molecule has 1 aromatic rings. The van der Waals surface area contributed by atoms with Crippen molar-refractivity contribution in [2.75, 3.05) is 12.3 Å². The van der Waals surface area contributed by atoms with Crippen LogP contribution in [-0.2, 0) is 4.79 Å². The van der Waals surface area contributed by atoms with Crippen LogP contribution in [0.5, 0.6) is 5.75 Å². The summed E-state index contributed by atoms with van der Waals surface area (Å²) in [7, 11) is 0. The Bertz CT molecular complexity index is 337. The lowest BCUT2D eigenvalue weighted by Gasteiger charge is -2.08. The van der Waals surface area contributed by atoms with E-state index in [-0.39, 0.29) is 18.9 Å². The van der Waals surface area contributed by atoms with Gasteiger partial charge in [-0.2, -0.15) is 0 Å². The molecule has 0 fully saturated rings. The van der Waals surface area contributed by atoms with Crippen LogP contribution >= 0.6 is 0 Å². The van der Waals surface area contributed by atoms with Crippen LogP contribution in [0.3, 0.4) is 0 Å². The summed E-state index contributed by atoms with van der Waals surface area (Å²) in [5.41, 5.74) is 12.3. The predicted molar refractivity (Wildman–Crippen MR) is 54.9 cm³/mol. The van der Waals surface area contributed by atoms with Gasteiger partial charge < -0.3 is 16.2 Å². The molecule has 0 aliphatic heterocycles. The van der Waals surface area contributed by atoms with Gasteiger partial charge in [0.15, 0.2) is 0 Å². The first-order valence-electron chi connectivity index (χ1n) is 4.37. The van der Waals surface area contributed by atoms with Crippen LogP contribution in [0.4, 0.5) is 5.69 Å². The van der Waals surface area contributed by atoms with E-state index in [0.29, 0.717) is 11.4 Å². The number of aryl methyl sites for hydroxylation is 1. The van der Waals surface area contributed by atoms with E-state index in [2.05, 4.69) is 0 Å². The maximum absolute atomic E-state index is 10.4. The van der Waals surface area contributed by atoms with Crippen molar-refractivity contribution >= 4 is 11.6 Å². The molecule has 0 unspecified atom stereocenters. The molecule has 0 saturated carbocycles. The van der Waals surface area contributed by atoms with Gasteiger partial charge in [-0.25, -0.2) is 0 Å². The number of anilines is 1. The van der Waals surface area contributed by atoms with Gasteiger partial charge in [0.1, 0.15) is 5.75 Å². The quantitative estimate of drug-likeness (QED) is 0.697. The zero-order valence-electron chi connectivity index (χ0n) is 8.12. The van der Waals surface area contributed by atoms with Gasteiger partial charge in [-0.3, -0.25) is 4.79 Å². The molecule has 76 valence electrons. The van der Waals surface area contributed by atoms with Gasteiger partial charge in [0.2, 0.25) is 5.91 Å². The van der Waals surface area contributed by atoms with Crippen molar-refractivity contribution in [3.8, 4) is 5.75 Å². The van der Waals surface area contributed by atoms with Crippen molar-refractivity contribution in [1.82, 2.24) is 0 Å². The van der Waals surface area contributed by atoms with Crippen molar-refractivity contribution in [2.45, 2.75) is 13.3 Å². The number of primary amides is 1. The third-order valence-electron chi connectivity index (χ3n) is 1.77. The van der Waals surface area contributed by atoms with Crippen LogP contribution < -0.4 is 16.2 Å². The van der Waals surface area contributed by atoms with Crippen molar-refractivity contribution in [1.29, 1.82) is 0 Å². The smallest absolute Gasteiger partial charge is 0.220 e. The fraction of sp³-hybridized carbons (Fsp3) is 0.300. The van der Waals surface area contributed by atoms with Gasteiger partial charge in [-0.1, -0.05) is 6.07 Å². The zero-order valence-corrected chi connectivity index (χ0v) is 8.12. The minimum absolute atomic E-state index is 0.202. The van der Waals surface area contributed by atoms with Crippen LogP contribution in [0, 0.1) is 6.92 Å². The van der Waals surface area contributed by atoms with Gasteiger partial charge in [-0.05, 0) is 24.6 Å². The number of nitrogen functional groups attached to an aromatic ring is 1. The van der Waals surface area contributed by atoms with Crippen molar-refractivity contribution in [3.05, 3.63) is 23.8 Å². The summed E-state index contributed by atoms with van der Waals surface area (Å²) in [5.74, 6) is 0.215. The molecule has 0 heterocycles. The summed E-state index contributed by atoms with van der Waals surface area (Å²) in [6, 6.07) is 5.50. The van der Waals surface area contributed by atoms with Gasteiger partial charge in [-0.15, -0.1) is 0 Å². The molecule has 0 bridgehead atoms. The second kappa shape index (κ2) is 4.50. The highest BCUT2D eigenvalue weighted by Crippen LogP contribution is 2.21. The second-order valence-corrected chi connectivity index (χ2v) is 3.11. The molecule has 1 amide bonds. The van der Waals surface area contributed by atoms with E-state index >= 15 is 0 Å². The first-order valence-corrected chi connectivity index (χ1v) is 4.37. The molecule has 0 spiro atoms. The third-order valence-corrected chi connectivity index (χ3v) is 1.77. The molecule has 4 nitrogen and oxygen atoms in total. The molecule has 4 N–H and O–H groups in total. The number of hydrogen-bond donors (Lipinski definition) is 2. The Morgan fingerprint density at radius 3 is 2.79 bits per heavy atom. The molecule has 0 atom stereocenters. The minimum atomic E-state index is -0.379. The summed E-state index contributed by atoms with van der Waals surface area (Å²) < 4.78 is 5.28. The van der Waals surface area contributed by atoms with Crippen molar-refractivity contribution in [3.63, 3.8) is 0 Å². The van der Waals surface area contributed by atoms with E-state index in [0.717, 1.165) is 5.56 Å². The van der Waals surface area contributed by atoms with Gasteiger partial charge >= 0.3 is 0 Å². The topological polar surface area (TPSA) is 78.3 Å². The molecule has 0 radical (unpaired) electrons. The number of amides is 1. The van der Waals surface area contributed by atoms with E-state index in [1.165, 1.54) is 0 Å². The molecule has 1 rings (SSSR count). The second-order valence-electron chi connectivity index (χ2n) is 3.11. The molecule has 0 aliphatic rings. The Kier molecular flexibility index (Phi) is 3.34. The average Bonchev–Trinajstić information content (AvgIpc) is 2.08. The number of hydrogen-bond acceptors (Lipinski definition) is 3. The summed E-state index contributed by atoms with van der Waals surface area (Å²) in [6.45, 7) is 2.21. The molecule has 14 heavy (non-hydrogen) atoms. The van der Waals surface area contributed by atoms with Crippen molar-refractivity contribution in [2.24, 2.45) is 5.73 Å². The predicted octanol–water partition coefficient (Wildman–Crippen LogP) is 0.831. The van der Waals surface area contributed by atoms with Gasteiger partial charge in [0.05, 0.1) is 18.7 Å². The highest BCUT2D eigenvalue weighted by Gasteiger charge is 2.01. The van der Waals surface area contributed by atoms with Crippen LogP contribution in [0.1, 0.15) is 12.0 Å². The van der Waals surface area contributed by atoms with Crippen LogP contribution in [-0.4, -0.2) is 12.5 Å². The zero-order chi connectivity index (χ0) is 10.6. The number of nitrogens with two attached hydrogens (primary N) is 2. The Labute approximate surface area is 82.8 Å². The monoisotopic (exact) mass is 194 g/mol. The fourth-order valence-electron chi connectivity index (χ4n) is 1.06. The summed E-state index contributed by atoms with van der Waals surface area (Å²) in [4.78, 5) is 10.4. The Morgan fingerprint density at radius 2 is 2.21 bits per heavy atom. The molecule has 1 aromatic carbocycles. The highest BCUT2D eigenvalue weighted by molar-refractivity contribution is 5.73. The van der Waals surface area contributed by atoms with Crippen LogP contribution in [0.25, 0.3) is 0 Å². The lowest BCUT2D eigenvalue weighted by molar-refractivity contribution is -0.118. The minimum Gasteiger partial charge on any atom is -0.491 e. The largest absolute Gasteiger partial charge is 0.491 e. The SMILES string of the molecule is Cc1ccc(OCCC(N)=O)c(N)c1. The van der Waals surface area contributed by atoms with Crippen LogP contribution in [0.2, 0.25) is 0 Å². The summed E-state index contributed by atoms with van der Waals surface area (Å²) >= 11 is 0. The lowest BCUT2D eigenvalue weighted by Crippen LogP contribution is -2.14. The first kappa shape index (κ1) is 10.4. The van der Waals surface area contributed by atoms with E-state index in [1.807, 2.05) is 19.1 Å². The van der Waals surface area contributed by atoms with Gasteiger partial charge in [0.25, 0.3) is 0 Å². The van der Waals surface area contributed by atoms with E-state index in [1.54, 1.807) is 6.07 Å². The maximum atomic E-state index is 10.4. The Hall–Kier alpha value is -1.71. The number of rotatable bonds is 4. The molecule has 4 heteroatoms. The number of benzene rings is 1. The van der Waals surface area contributed by atoms with Crippen molar-refractivity contribution < 1.29 is 9.53 Å². The summed E-state index contributed by atoms with van der Waals surface area (Å²) in [5, 5.41) is 0. The average molecular weight is 194 g/mol. The molecule has 0 aliphatic carbocycles. The maximum Gasteiger partial charge on any atom is 0.220 e. The standard InChI is InChI=1S/C10H14N2O2/c1-7-2-3-9(8(11)6-7)14-5-4-10(12)13/h2-3,6H,4-5,11H2,1H3,(H2,12,13). The Morgan fingerprint density at radius 1 is 1.50 bits per heavy atom. The molecular formula is C10H14N2O2. The first-order chi connectivity index (χ1) is 6.59. The number of ether oxygens (including phenoxy) is 1. The molecule has 0 aromatic heterocycles. The van der Waals surface area contributed by atoms with Gasteiger partial charge in [0, 0.05) is 0 Å². The van der Waals surface area contributed by atoms with E-state index in [9.17, 15) is 4.79 Å². The number of carbonyl (C=O) groups excluding carboxylic acids is 1. The number of carbonyl (C=O) groups is 1. The van der Waals surface area contributed by atoms with E-state index < -0.39 is 0 Å². The fourth-order valence-corrected chi connectivity index (χ4v) is 1.06. The van der Waals surface area contributed by atoms with E-state index in [4.69, 9.17) is 16.2 Å². The summed E-state index contributed by atoms with van der Waals surface area (Å²) in [6.07, 6.45) is 0.202. The van der Waals surface area contributed by atoms with Crippen LogP contribution in [0.15, 0.2) is 18.2 Å². The molecule has 0 saturated heterocycles. The Balaban J connectivity index is 2.55. The normalized spacial score (nSPS) is 9.79.